The van der Waals surface area contributed by atoms with Gasteiger partial charge in [-0.1, -0.05) is 12.1 Å². The monoisotopic (exact) mass is 287 g/mol. The van der Waals surface area contributed by atoms with Crippen molar-refractivity contribution in [3.8, 4) is 0 Å². The van der Waals surface area contributed by atoms with Crippen LogP contribution in [-0.2, 0) is 4.74 Å². The predicted molar refractivity (Wildman–Crippen MR) is 70.4 cm³/mol. The maximum Gasteiger partial charge on any atom is 0.509 e. The van der Waals surface area contributed by atoms with Gasteiger partial charge in [0, 0.05) is 5.56 Å². The van der Waals surface area contributed by atoms with E-state index in [4.69, 9.17) is 4.74 Å². The van der Waals surface area contributed by atoms with Crippen molar-refractivity contribution in [1.82, 2.24) is 0 Å². The number of carbonyl (C=O) groups is 2. The Kier molecular flexibility index (Phi) is 4.31. The van der Waals surface area contributed by atoms with E-state index < -0.39 is 24.0 Å². The van der Waals surface area contributed by atoms with Crippen LogP contribution in [0.2, 0.25) is 0 Å². The Hall–Kier alpha value is -1.79. The van der Waals surface area contributed by atoms with Crippen molar-refractivity contribution in [1.29, 1.82) is 0 Å². The van der Waals surface area contributed by atoms with Crippen LogP contribution in [0.3, 0.4) is 0 Å². The topological polar surface area (TPSA) is 43.4 Å². The molecular weight excluding hydrogens is 272 g/mol. The first-order chi connectivity index (χ1) is 8.95. The summed E-state index contributed by atoms with van der Waals surface area (Å²) in [6.07, 6.45) is 0.300. The highest BCUT2D eigenvalue weighted by Gasteiger charge is 2.29. The summed E-state index contributed by atoms with van der Waals surface area (Å²) in [6.45, 7) is 0.943. The van der Waals surface area contributed by atoms with Crippen molar-refractivity contribution in [2.24, 2.45) is 0 Å². The zero-order valence-electron chi connectivity index (χ0n) is 11.7. The molecule has 110 valence electrons. The third-order valence-corrected chi connectivity index (χ3v) is 2.59. The van der Waals surface area contributed by atoms with Gasteiger partial charge >= 0.3 is 12.9 Å². The minimum atomic E-state index is -5.30. The summed E-state index contributed by atoms with van der Waals surface area (Å²) in [5.74, 6) is -0.875. The molecule has 0 amide bonds. The minimum absolute atomic E-state index is 0.164. The molecule has 1 aromatic rings. The molecule has 0 saturated carbocycles. The van der Waals surface area contributed by atoms with Crippen molar-refractivity contribution in [2.45, 2.75) is 33.3 Å². The number of ether oxygens (including phenoxy) is 1. The molecule has 0 aromatic heterocycles. The van der Waals surface area contributed by atoms with E-state index in [2.05, 4.69) is 0 Å². The second-order valence-electron chi connectivity index (χ2n) is 5.48. The standard InChI is InChI=1S/C13H15BF3O3/c1-8-9(7-18)5-10(14(15,16)17)6-11(8)12(19)20-13(2,3)4/h5-7H,1-4H3/q-1. The normalized spacial score (nSPS) is 12.2. The lowest BCUT2D eigenvalue weighted by molar-refractivity contribution is 0.00688. The molecule has 0 aliphatic heterocycles. The van der Waals surface area contributed by atoms with Gasteiger partial charge in [0.25, 0.3) is 0 Å². The second-order valence-corrected chi connectivity index (χ2v) is 5.48. The Morgan fingerprint density at radius 2 is 1.80 bits per heavy atom. The first kappa shape index (κ1) is 16.3. The van der Waals surface area contributed by atoms with Gasteiger partial charge in [-0.3, -0.25) is 4.79 Å². The van der Waals surface area contributed by atoms with Gasteiger partial charge in [-0.05, 0) is 33.3 Å². The van der Waals surface area contributed by atoms with Crippen LogP contribution >= 0.6 is 0 Å². The lowest BCUT2D eigenvalue weighted by Gasteiger charge is -2.22. The zero-order chi connectivity index (χ0) is 15.7. The fourth-order valence-corrected chi connectivity index (χ4v) is 1.62. The lowest BCUT2D eigenvalue weighted by Crippen LogP contribution is -2.36. The van der Waals surface area contributed by atoms with Gasteiger partial charge in [-0.25, -0.2) is 4.79 Å². The van der Waals surface area contributed by atoms with Gasteiger partial charge < -0.3 is 17.7 Å². The van der Waals surface area contributed by atoms with E-state index in [9.17, 15) is 22.5 Å². The molecule has 0 fully saturated rings. The third kappa shape index (κ3) is 3.85. The number of hydrogen-bond acceptors (Lipinski definition) is 3. The quantitative estimate of drug-likeness (QED) is 0.488. The molecular formula is C13H15BF3O3-. The molecule has 0 saturated heterocycles. The van der Waals surface area contributed by atoms with Gasteiger partial charge in [0.15, 0.2) is 0 Å². The fourth-order valence-electron chi connectivity index (χ4n) is 1.62. The van der Waals surface area contributed by atoms with Gasteiger partial charge in [-0.15, -0.1) is 5.46 Å². The van der Waals surface area contributed by atoms with E-state index in [-0.39, 0.29) is 16.7 Å². The summed E-state index contributed by atoms with van der Waals surface area (Å²) in [5, 5.41) is 0. The molecule has 20 heavy (non-hydrogen) atoms. The van der Waals surface area contributed by atoms with E-state index >= 15 is 0 Å². The number of esters is 1. The Balaban J connectivity index is 3.38. The number of rotatable bonds is 3. The van der Waals surface area contributed by atoms with E-state index in [1.54, 1.807) is 20.8 Å². The van der Waals surface area contributed by atoms with E-state index in [0.717, 1.165) is 12.1 Å². The SMILES string of the molecule is Cc1c(C=O)cc([B-](F)(F)F)cc1C(=O)OC(C)(C)C. The molecule has 1 aromatic carbocycles. The molecule has 1 rings (SSSR count). The molecule has 0 atom stereocenters. The third-order valence-electron chi connectivity index (χ3n) is 2.59. The Morgan fingerprint density at radius 3 is 2.20 bits per heavy atom. The maximum atomic E-state index is 12.8. The molecule has 0 spiro atoms. The second kappa shape index (κ2) is 5.30. The molecule has 7 heteroatoms. The Morgan fingerprint density at radius 1 is 1.25 bits per heavy atom. The highest BCUT2D eigenvalue weighted by Crippen LogP contribution is 2.19. The number of carbonyl (C=O) groups excluding carboxylic acids is 2. The summed E-state index contributed by atoms with van der Waals surface area (Å²) in [5.41, 5.74) is -2.04. The summed E-state index contributed by atoms with van der Waals surface area (Å²) in [6, 6.07) is 1.48. The number of aldehydes is 1. The molecule has 0 heterocycles. The molecule has 0 aliphatic rings. The van der Waals surface area contributed by atoms with Crippen molar-refractivity contribution in [2.75, 3.05) is 0 Å². The predicted octanol–water partition coefficient (Wildman–Crippen LogP) is 2.82. The molecule has 3 nitrogen and oxygen atoms in total. The van der Waals surface area contributed by atoms with Crippen LogP contribution in [0.4, 0.5) is 12.9 Å². The lowest BCUT2D eigenvalue weighted by atomic mass is 9.77. The van der Waals surface area contributed by atoms with Gasteiger partial charge in [-0.2, -0.15) is 0 Å². The summed E-state index contributed by atoms with van der Waals surface area (Å²) in [4.78, 5) is 22.8. The molecule has 0 unspecified atom stereocenters. The van der Waals surface area contributed by atoms with Crippen molar-refractivity contribution in [3.05, 3.63) is 28.8 Å². The number of halogens is 3. The molecule has 0 radical (unpaired) electrons. The zero-order valence-corrected chi connectivity index (χ0v) is 11.7. The fraction of sp³-hybridized carbons (Fsp3) is 0.385. The van der Waals surface area contributed by atoms with Crippen LogP contribution in [-0.4, -0.2) is 24.8 Å². The highest BCUT2D eigenvalue weighted by atomic mass is 19.4. The average Bonchev–Trinajstić information content (AvgIpc) is 2.25. The Labute approximate surface area is 115 Å². The first-order valence-corrected chi connectivity index (χ1v) is 5.98. The van der Waals surface area contributed by atoms with Crippen LogP contribution in [0.25, 0.3) is 0 Å². The van der Waals surface area contributed by atoms with E-state index in [1.807, 2.05) is 0 Å². The average molecular weight is 287 g/mol. The van der Waals surface area contributed by atoms with Crippen LogP contribution in [0, 0.1) is 6.92 Å². The highest BCUT2D eigenvalue weighted by molar-refractivity contribution is 6.73. The van der Waals surface area contributed by atoms with Crippen LogP contribution in [0.5, 0.6) is 0 Å². The first-order valence-electron chi connectivity index (χ1n) is 5.98. The Bertz CT molecular complexity index is 545. The maximum absolute atomic E-state index is 12.8. The van der Waals surface area contributed by atoms with E-state index in [1.165, 1.54) is 6.92 Å². The van der Waals surface area contributed by atoms with E-state index in [0.29, 0.717) is 6.29 Å². The summed E-state index contributed by atoms with van der Waals surface area (Å²) < 4.78 is 43.5. The molecule has 0 aliphatic carbocycles. The van der Waals surface area contributed by atoms with Crippen molar-refractivity contribution < 1.29 is 27.3 Å². The number of benzene rings is 1. The van der Waals surface area contributed by atoms with Crippen LogP contribution in [0.15, 0.2) is 12.1 Å². The van der Waals surface area contributed by atoms with Crippen LogP contribution < -0.4 is 5.46 Å². The van der Waals surface area contributed by atoms with Crippen molar-refractivity contribution >= 4 is 24.7 Å². The van der Waals surface area contributed by atoms with Crippen LogP contribution in [0.1, 0.15) is 47.1 Å². The summed E-state index contributed by atoms with van der Waals surface area (Å²) in [7, 11) is 0. The van der Waals surface area contributed by atoms with Gasteiger partial charge in [0.1, 0.15) is 11.9 Å². The van der Waals surface area contributed by atoms with Crippen molar-refractivity contribution in [3.63, 3.8) is 0 Å². The van der Waals surface area contributed by atoms with Gasteiger partial charge in [0.2, 0.25) is 0 Å². The minimum Gasteiger partial charge on any atom is -0.456 e. The van der Waals surface area contributed by atoms with Gasteiger partial charge in [0.05, 0.1) is 5.56 Å². The smallest absolute Gasteiger partial charge is 0.456 e. The molecule has 0 bridgehead atoms. The summed E-state index contributed by atoms with van der Waals surface area (Å²) >= 11 is 0. The largest absolute Gasteiger partial charge is 0.509 e. The molecule has 0 N–H and O–H groups in total. The number of hydrogen-bond donors (Lipinski definition) is 0.